The van der Waals surface area contributed by atoms with E-state index in [1.807, 2.05) is 17.5 Å². The highest BCUT2D eigenvalue weighted by Crippen LogP contribution is 2.22. The Morgan fingerprint density at radius 3 is 2.74 bits per heavy atom. The topological polar surface area (TPSA) is 91.7 Å². The van der Waals surface area contributed by atoms with Crippen molar-refractivity contribution in [3.05, 3.63) is 81.9 Å². The van der Waals surface area contributed by atoms with Crippen molar-refractivity contribution in [2.24, 2.45) is 0 Å². The molecule has 1 aliphatic heterocycles. The maximum Gasteiger partial charge on any atom is 0.264 e. The number of nitrogens with one attached hydrogen (secondary N) is 2. The molecule has 7 nitrogen and oxygen atoms in total. The zero-order chi connectivity index (χ0) is 21.6. The molecule has 1 saturated heterocycles. The largest absolute Gasteiger partial charge is 0.467 e. The van der Waals surface area contributed by atoms with E-state index in [0.717, 1.165) is 12.0 Å². The van der Waals surface area contributed by atoms with Crippen LogP contribution in [-0.2, 0) is 17.9 Å². The quantitative estimate of drug-likeness (QED) is 0.594. The first-order chi connectivity index (χ1) is 15.1. The van der Waals surface area contributed by atoms with E-state index >= 15 is 0 Å². The van der Waals surface area contributed by atoms with E-state index in [0.29, 0.717) is 35.7 Å². The minimum atomic E-state index is -0.464. The number of furan rings is 1. The Morgan fingerprint density at radius 2 is 1.97 bits per heavy atom. The number of carbonyl (C=O) groups excluding carboxylic acids is 3. The highest BCUT2D eigenvalue weighted by Gasteiger charge is 2.34. The molecule has 2 aromatic heterocycles. The molecular weight excluding hydrogens is 414 g/mol. The van der Waals surface area contributed by atoms with Crippen LogP contribution < -0.4 is 10.6 Å². The maximum absolute atomic E-state index is 12.8. The molecular formula is C23H23N3O4S. The Kier molecular flexibility index (Phi) is 6.47. The first-order valence-electron chi connectivity index (χ1n) is 10.1. The van der Waals surface area contributed by atoms with Crippen LogP contribution in [0.15, 0.2) is 64.6 Å². The molecule has 1 aromatic carbocycles. The third-order valence-corrected chi connectivity index (χ3v) is 6.07. The number of amides is 3. The second-order valence-corrected chi connectivity index (χ2v) is 8.26. The Hall–Kier alpha value is -3.39. The fourth-order valence-corrected chi connectivity index (χ4v) is 4.32. The predicted octanol–water partition coefficient (Wildman–Crippen LogP) is 3.19. The number of benzene rings is 1. The summed E-state index contributed by atoms with van der Waals surface area (Å²) in [5.74, 6) is 0.195. The summed E-state index contributed by atoms with van der Waals surface area (Å²) >= 11 is 1.38. The van der Waals surface area contributed by atoms with Crippen molar-refractivity contribution in [1.82, 2.24) is 15.5 Å². The van der Waals surface area contributed by atoms with Gasteiger partial charge in [-0.05, 0) is 54.1 Å². The lowest BCUT2D eigenvalue weighted by Gasteiger charge is -2.23. The van der Waals surface area contributed by atoms with Gasteiger partial charge in [0.2, 0.25) is 5.91 Å². The van der Waals surface area contributed by atoms with Crippen LogP contribution in [0.25, 0.3) is 0 Å². The van der Waals surface area contributed by atoms with Gasteiger partial charge in [0.25, 0.3) is 11.8 Å². The molecule has 0 radical (unpaired) electrons. The lowest BCUT2D eigenvalue weighted by Crippen LogP contribution is -2.45. The molecule has 3 aromatic rings. The molecule has 0 spiro atoms. The van der Waals surface area contributed by atoms with Gasteiger partial charge in [-0.3, -0.25) is 14.4 Å². The third kappa shape index (κ3) is 5.03. The van der Waals surface area contributed by atoms with Gasteiger partial charge in [-0.2, -0.15) is 0 Å². The van der Waals surface area contributed by atoms with Crippen molar-refractivity contribution < 1.29 is 18.8 Å². The highest BCUT2D eigenvalue weighted by molar-refractivity contribution is 7.12. The van der Waals surface area contributed by atoms with Crippen molar-refractivity contribution in [2.45, 2.75) is 32.0 Å². The number of likely N-dealkylation sites (tertiary alicyclic amines) is 1. The van der Waals surface area contributed by atoms with Gasteiger partial charge < -0.3 is 20.0 Å². The highest BCUT2D eigenvalue weighted by atomic mass is 32.1. The van der Waals surface area contributed by atoms with Crippen LogP contribution in [0.3, 0.4) is 0 Å². The second-order valence-electron chi connectivity index (χ2n) is 7.31. The molecule has 0 unspecified atom stereocenters. The average molecular weight is 438 g/mol. The van der Waals surface area contributed by atoms with Gasteiger partial charge in [-0.1, -0.05) is 18.2 Å². The molecule has 1 fully saturated rings. The minimum Gasteiger partial charge on any atom is -0.467 e. The summed E-state index contributed by atoms with van der Waals surface area (Å²) in [5, 5.41) is 7.58. The van der Waals surface area contributed by atoms with Gasteiger partial charge in [0.1, 0.15) is 11.8 Å². The first-order valence-corrected chi connectivity index (χ1v) is 11.0. The van der Waals surface area contributed by atoms with Crippen LogP contribution >= 0.6 is 11.3 Å². The molecule has 0 bridgehead atoms. The summed E-state index contributed by atoms with van der Waals surface area (Å²) in [7, 11) is 0. The smallest absolute Gasteiger partial charge is 0.264 e. The van der Waals surface area contributed by atoms with Crippen molar-refractivity contribution in [2.75, 3.05) is 6.54 Å². The molecule has 8 heteroatoms. The van der Waals surface area contributed by atoms with Crippen molar-refractivity contribution in [1.29, 1.82) is 0 Å². The fraction of sp³-hybridized carbons (Fsp3) is 0.261. The molecule has 2 N–H and O–H groups in total. The normalized spacial score (nSPS) is 15.6. The lowest BCUT2D eigenvalue weighted by atomic mass is 10.1. The number of thiophene rings is 1. The van der Waals surface area contributed by atoms with Crippen LogP contribution in [0, 0.1) is 0 Å². The SMILES string of the molecule is O=C(NCc1ccco1)c1cccc(CNC(=O)[C@@H]2CCCN2C(=O)c2cccs2)c1. The number of rotatable bonds is 7. The van der Waals surface area contributed by atoms with E-state index in [1.54, 1.807) is 47.6 Å². The van der Waals surface area contributed by atoms with E-state index in [2.05, 4.69) is 10.6 Å². The fourth-order valence-electron chi connectivity index (χ4n) is 3.64. The van der Waals surface area contributed by atoms with E-state index in [9.17, 15) is 14.4 Å². The predicted molar refractivity (Wildman–Crippen MR) is 117 cm³/mol. The minimum absolute atomic E-state index is 0.0946. The molecule has 1 aliphatic rings. The van der Waals surface area contributed by atoms with Gasteiger partial charge >= 0.3 is 0 Å². The van der Waals surface area contributed by atoms with Crippen molar-refractivity contribution in [3.63, 3.8) is 0 Å². The third-order valence-electron chi connectivity index (χ3n) is 5.21. The number of carbonyl (C=O) groups is 3. The number of nitrogens with zero attached hydrogens (tertiary/aromatic N) is 1. The van der Waals surface area contributed by atoms with E-state index < -0.39 is 6.04 Å². The van der Waals surface area contributed by atoms with E-state index in [1.165, 1.54) is 11.3 Å². The molecule has 0 saturated carbocycles. The zero-order valence-electron chi connectivity index (χ0n) is 16.9. The molecule has 0 aliphatic carbocycles. The Labute approximate surface area is 184 Å². The van der Waals surface area contributed by atoms with Crippen molar-refractivity contribution >= 4 is 29.1 Å². The van der Waals surface area contributed by atoms with Gasteiger partial charge in [0, 0.05) is 18.7 Å². The summed E-state index contributed by atoms with van der Waals surface area (Å²) < 4.78 is 5.22. The Balaban J connectivity index is 1.33. The first kappa shape index (κ1) is 20.9. The molecule has 4 rings (SSSR count). The number of hydrogen-bond acceptors (Lipinski definition) is 5. The monoisotopic (exact) mass is 437 g/mol. The van der Waals surface area contributed by atoms with Gasteiger partial charge in [-0.15, -0.1) is 11.3 Å². The van der Waals surface area contributed by atoms with E-state index in [-0.39, 0.29) is 24.3 Å². The van der Waals surface area contributed by atoms with Crippen LogP contribution in [0.1, 0.15) is 44.2 Å². The summed E-state index contributed by atoms with van der Waals surface area (Å²) in [6, 6.07) is 13.8. The van der Waals surface area contributed by atoms with Crippen LogP contribution in [0.5, 0.6) is 0 Å². The Morgan fingerprint density at radius 1 is 1.06 bits per heavy atom. The Bertz CT molecular complexity index is 1050. The summed E-state index contributed by atoms with van der Waals surface area (Å²) in [4.78, 5) is 40.1. The van der Waals surface area contributed by atoms with Gasteiger partial charge in [-0.25, -0.2) is 0 Å². The van der Waals surface area contributed by atoms with Crippen molar-refractivity contribution in [3.8, 4) is 0 Å². The van der Waals surface area contributed by atoms with Crippen LogP contribution in [0.2, 0.25) is 0 Å². The van der Waals surface area contributed by atoms with Gasteiger partial charge in [0.15, 0.2) is 0 Å². The standard InChI is InChI=1S/C23H23N3O4S/c27-21(25-15-18-7-3-11-30-18)17-6-1-5-16(13-17)14-24-22(28)19-8-2-10-26(19)23(29)20-9-4-12-31-20/h1,3-7,9,11-13,19H,2,8,10,14-15H2,(H,24,28)(H,25,27)/t19-/m0/s1. The van der Waals surface area contributed by atoms with Crippen LogP contribution in [-0.4, -0.2) is 35.2 Å². The molecule has 1 atom stereocenters. The molecule has 160 valence electrons. The lowest BCUT2D eigenvalue weighted by molar-refractivity contribution is -0.125. The van der Waals surface area contributed by atoms with Crippen LogP contribution in [0.4, 0.5) is 0 Å². The summed E-state index contributed by atoms with van der Waals surface area (Å²) in [6.07, 6.45) is 3.02. The van der Waals surface area contributed by atoms with Gasteiger partial charge in [0.05, 0.1) is 17.7 Å². The molecule has 3 amide bonds. The second kappa shape index (κ2) is 9.61. The molecule has 3 heterocycles. The molecule has 31 heavy (non-hydrogen) atoms. The summed E-state index contributed by atoms with van der Waals surface area (Å²) in [5.41, 5.74) is 1.32. The van der Waals surface area contributed by atoms with E-state index in [4.69, 9.17) is 4.42 Å². The average Bonchev–Trinajstić information content (AvgIpc) is 3.57. The maximum atomic E-state index is 12.8. The zero-order valence-corrected chi connectivity index (χ0v) is 17.7. The summed E-state index contributed by atoms with van der Waals surface area (Å²) in [6.45, 7) is 1.18. The number of hydrogen-bond donors (Lipinski definition) is 2.